The predicted molar refractivity (Wildman–Crippen MR) is 101 cm³/mol. The van der Waals surface area contributed by atoms with Crippen molar-refractivity contribution in [3.05, 3.63) is 36.4 Å². The van der Waals surface area contributed by atoms with Crippen molar-refractivity contribution in [1.82, 2.24) is 4.72 Å². The van der Waals surface area contributed by atoms with Gasteiger partial charge in [-0.1, -0.05) is 24.3 Å². The molecule has 0 fully saturated rings. The summed E-state index contributed by atoms with van der Waals surface area (Å²) in [5.41, 5.74) is 1.01. The molecule has 0 bridgehead atoms. The average Bonchev–Trinajstić information content (AvgIpc) is 2.49. The van der Waals surface area contributed by atoms with Gasteiger partial charge in [0.25, 0.3) is 0 Å². The Morgan fingerprint density at radius 2 is 1.60 bits per heavy atom. The first-order chi connectivity index (χ1) is 11.1. The summed E-state index contributed by atoms with van der Waals surface area (Å²) in [6.07, 6.45) is 0.802. The summed E-state index contributed by atoms with van der Waals surface area (Å²) in [5, 5.41) is 1.69. The average molecular weight is 477 g/mol. The van der Waals surface area contributed by atoms with Crippen LogP contribution in [0.25, 0.3) is 10.8 Å². The lowest BCUT2D eigenvalue weighted by atomic mass is 10.1. The van der Waals surface area contributed by atoms with Crippen LogP contribution < -0.4 is 33.6 Å². The van der Waals surface area contributed by atoms with Crippen LogP contribution >= 0.6 is 0 Å². The number of rotatable bonds is 7. The number of anilines is 1. The fourth-order valence-corrected chi connectivity index (χ4v) is 4.02. The molecular weight excluding hydrogens is 449 g/mol. The Kier molecular flexibility index (Phi) is 7.67. The summed E-state index contributed by atoms with van der Waals surface area (Å²) in [4.78, 5) is 2.34. The molecule has 0 saturated carbocycles. The van der Waals surface area contributed by atoms with Gasteiger partial charge in [-0.2, -0.15) is 0 Å². The van der Waals surface area contributed by atoms with Crippen LogP contribution in [-0.2, 0) is 10.0 Å². The maximum atomic E-state index is 12.7. The van der Waals surface area contributed by atoms with Crippen LogP contribution in [0.2, 0.25) is 0 Å². The highest BCUT2D eigenvalue weighted by atomic mass is 127. The van der Waals surface area contributed by atoms with Crippen LogP contribution in [0.3, 0.4) is 0 Å². The number of hydrogen-bond acceptors (Lipinski definition) is 3. The molecule has 0 unspecified atom stereocenters. The second-order valence-electron chi connectivity index (χ2n) is 7.29. The summed E-state index contributed by atoms with van der Waals surface area (Å²) >= 11 is 0. The molecule has 0 aliphatic heterocycles. The smallest absolute Gasteiger partial charge is 0.241 e. The SMILES string of the molecule is CN(C)c1cccc2c(S(=O)(=O)NCCC[N+](C)(C)C)cccc12.[I-]. The minimum Gasteiger partial charge on any atom is -1.00 e. The number of hydrogen-bond donors (Lipinski definition) is 1. The fourth-order valence-electron chi connectivity index (χ4n) is 2.73. The summed E-state index contributed by atoms with van der Waals surface area (Å²) < 4.78 is 29.0. The highest BCUT2D eigenvalue weighted by Gasteiger charge is 2.18. The molecule has 0 saturated heterocycles. The molecule has 5 nitrogen and oxygen atoms in total. The van der Waals surface area contributed by atoms with Crippen molar-refractivity contribution < 1.29 is 36.9 Å². The zero-order valence-electron chi connectivity index (χ0n) is 15.6. The molecule has 0 amide bonds. The first-order valence-electron chi connectivity index (χ1n) is 8.11. The van der Waals surface area contributed by atoms with Gasteiger partial charge in [0, 0.05) is 43.5 Å². The summed E-state index contributed by atoms with van der Waals surface area (Å²) in [5.74, 6) is 0. The molecule has 0 aliphatic carbocycles. The van der Waals surface area contributed by atoms with E-state index in [1.807, 2.05) is 43.3 Å². The third kappa shape index (κ3) is 5.80. The third-order valence-electron chi connectivity index (χ3n) is 3.93. The third-order valence-corrected chi connectivity index (χ3v) is 5.45. The van der Waals surface area contributed by atoms with Crippen molar-refractivity contribution >= 4 is 26.5 Å². The zero-order valence-corrected chi connectivity index (χ0v) is 18.6. The molecule has 0 heterocycles. The molecule has 7 heteroatoms. The molecule has 2 rings (SSSR count). The maximum Gasteiger partial charge on any atom is 0.241 e. The lowest BCUT2D eigenvalue weighted by Crippen LogP contribution is -3.00. The van der Waals surface area contributed by atoms with Gasteiger partial charge in [0.2, 0.25) is 10.0 Å². The highest BCUT2D eigenvalue weighted by molar-refractivity contribution is 7.89. The van der Waals surface area contributed by atoms with Crippen LogP contribution in [0.4, 0.5) is 5.69 Å². The number of nitrogens with one attached hydrogen (secondary N) is 1. The molecule has 0 aliphatic rings. The van der Waals surface area contributed by atoms with Crippen LogP contribution in [0, 0.1) is 0 Å². The van der Waals surface area contributed by atoms with Crippen molar-refractivity contribution in [1.29, 1.82) is 0 Å². The lowest BCUT2D eigenvalue weighted by Gasteiger charge is -2.23. The highest BCUT2D eigenvalue weighted by Crippen LogP contribution is 2.29. The monoisotopic (exact) mass is 477 g/mol. The normalized spacial score (nSPS) is 12.0. The van der Waals surface area contributed by atoms with Gasteiger partial charge < -0.3 is 33.4 Å². The molecule has 2 aromatic rings. The van der Waals surface area contributed by atoms with E-state index in [0.29, 0.717) is 11.4 Å². The molecule has 0 spiro atoms. The molecule has 0 radical (unpaired) electrons. The minimum atomic E-state index is -3.52. The predicted octanol–water partition coefficient (Wildman–Crippen LogP) is -0.716. The Bertz CT molecular complexity index is 815. The van der Waals surface area contributed by atoms with Gasteiger partial charge in [-0.3, -0.25) is 0 Å². The lowest BCUT2D eigenvalue weighted by molar-refractivity contribution is -0.870. The van der Waals surface area contributed by atoms with Gasteiger partial charge in [0.05, 0.1) is 32.6 Å². The van der Waals surface area contributed by atoms with Crippen molar-refractivity contribution in [2.75, 3.05) is 53.2 Å². The van der Waals surface area contributed by atoms with Gasteiger partial charge in [-0.05, 0) is 12.1 Å². The van der Waals surface area contributed by atoms with Gasteiger partial charge in [-0.25, -0.2) is 13.1 Å². The van der Waals surface area contributed by atoms with E-state index in [2.05, 4.69) is 25.9 Å². The molecule has 140 valence electrons. The van der Waals surface area contributed by atoms with Crippen molar-refractivity contribution in [3.63, 3.8) is 0 Å². The van der Waals surface area contributed by atoms with Gasteiger partial charge in [0.1, 0.15) is 0 Å². The number of fused-ring (bicyclic) bond motifs is 1. The van der Waals surface area contributed by atoms with Crippen molar-refractivity contribution in [2.45, 2.75) is 11.3 Å². The number of quaternary nitrogens is 1. The van der Waals surface area contributed by atoms with Crippen LogP contribution in [-0.4, -0.2) is 61.2 Å². The van der Waals surface area contributed by atoms with Gasteiger partial charge >= 0.3 is 0 Å². The second kappa shape index (κ2) is 8.66. The van der Waals surface area contributed by atoms with E-state index < -0.39 is 10.0 Å². The standard InChI is InChI=1S/C18H28N3O2S.HI/c1-20(2)17-11-6-10-16-15(17)9-7-12-18(16)24(22,23)19-13-8-14-21(3,4)5;/h6-7,9-12,19H,8,13-14H2,1-5H3;1H/q+1;/p-1. The van der Waals surface area contributed by atoms with E-state index >= 15 is 0 Å². The Hall–Kier alpha value is -0.900. The summed E-state index contributed by atoms with van der Waals surface area (Å²) in [6.45, 7) is 1.37. The quantitative estimate of drug-likeness (QED) is 0.326. The van der Waals surface area contributed by atoms with Gasteiger partial charge in [0.15, 0.2) is 0 Å². The zero-order chi connectivity index (χ0) is 18.0. The largest absolute Gasteiger partial charge is 1.00 e. The molecular formula is C18H28IN3O2S. The van der Waals surface area contributed by atoms with E-state index in [1.54, 1.807) is 12.1 Å². The van der Waals surface area contributed by atoms with Crippen molar-refractivity contribution in [3.8, 4) is 0 Å². The minimum absolute atomic E-state index is 0. The fraction of sp³-hybridized carbons (Fsp3) is 0.444. The Morgan fingerprint density at radius 3 is 2.20 bits per heavy atom. The Morgan fingerprint density at radius 1 is 1.00 bits per heavy atom. The molecule has 25 heavy (non-hydrogen) atoms. The molecule has 0 aromatic heterocycles. The van der Waals surface area contributed by atoms with Crippen LogP contribution in [0.1, 0.15) is 6.42 Å². The first-order valence-corrected chi connectivity index (χ1v) is 9.59. The number of benzene rings is 2. The summed E-state index contributed by atoms with van der Waals surface area (Å²) in [6, 6.07) is 11.2. The molecule has 2 aromatic carbocycles. The Labute approximate surface area is 168 Å². The molecule has 0 atom stereocenters. The van der Waals surface area contributed by atoms with E-state index in [4.69, 9.17) is 0 Å². The first kappa shape index (κ1) is 22.1. The van der Waals surface area contributed by atoms with E-state index in [9.17, 15) is 8.42 Å². The van der Waals surface area contributed by atoms with Crippen LogP contribution in [0.15, 0.2) is 41.3 Å². The maximum absolute atomic E-state index is 12.7. The number of halogens is 1. The second-order valence-corrected chi connectivity index (χ2v) is 9.02. The topological polar surface area (TPSA) is 49.4 Å². The van der Waals surface area contributed by atoms with Gasteiger partial charge in [-0.15, -0.1) is 0 Å². The number of nitrogens with zero attached hydrogens (tertiary/aromatic N) is 2. The van der Waals surface area contributed by atoms with E-state index in [-0.39, 0.29) is 24.0 Å². The number of sulfonamides is 1. The van der Waals surface area contributed by atoms with E-state index in [1.165, 1.54) is 0 Å². The van der Waals surface area contributed by atoms with Crippen molar-refractivity contribution in [2.24, 2.45) is 0 Å². The Balaban J connectivity index is 0.00000312. The molecule has 1 N–H and O–H groups in total. The van der Waals surface area contributed by atoms with E-state index in [0.717, 1.165) is 33.9 Å². The summed E-state index contributed by atoms with van der Waals surface area (Å²) in [7, 11) is 6.69. The van der Waals surface area contributed by atoms with Crippen LogP contribution in [0.5, 0.6) is 0 Å².